The van der Waals surface area contributed by atoms with Crippen molar-refractivity contribution in [2.75, 3.05) is 12.9 Å². The monoisotopic (exact) mass is 356 g/mol. The molecule has 1 amide bonds. The SMILES string of the molecule is COc1ccc(C)cc1C(C)NC(=O)CSc1nc2ccccc2o1. The molecule has 3 aromatic rings. The molecule has 0 saturated heterocycles. The second kappa shape index (κ2) is 7.61. The molecule has 1 unspecified atom stereocenters. The molecule has 1 atom stereocenters. The van der Waals surface area contributed by atoms with Gasteiger partial charge < -0.3 is 14.5 Å². The van der Waals surface area contributed by atoms with E-state index in [0.29, 0.717) is 5.22 Å². The maximum absolute atomic E-state index is 12.3. The van der Waals surface area contributed by atoms with E-state index in [-0.39, 0.29) is 17.7 Å². The number of carbonyl (C=O) groups is 1. The summed E-state index contributed by atoms with van der Waals surface area (Å²) >= 11 is 1.28. The molecule has 0 aliphatic rings. The highest BCUT2D eigenvalue weighted by molar-refractivity contribution is 7.99. The third-order valence-electron chi connectivity index (χ3n) is 3.83. The van der Waals surface area contributed by atoms with Crippen LogP contribution in [0.5, 0.6) is 5.75 Å². The normalized spacial score (nSPS) is 12.1. The Labute approximate surface area is 150 Å². The van der Waals surface area contributed by atoms with Crippen molar-refractivity contribution in [1.29, 1.82) is 0 Å². The van der Waals surface area contributed by atoms with Crippen molar-refractivity contribution < 1.29 is 13.9 Å². The number of methoxy groups -OCH3 is 1. The van der Waals surface area contributed by atoms with Gasteiger partial charge in [-0.1, -0.05) is 41.6 Å². The van der Waals surface area contributed by atoms with Crippen LogP contribution in [-0.2, 0) is 4.79 Å². The Kier molecular flexibility index (Phi) is 5.28. The first kappa shape index (κ1) is 17.4. The lowest BCUT2D eigenvalue weighted by molar-refractivity contribution is -0.119. The molecule has 1 aromatic heterocycles. The average Bonchev–Trinajstić information content (AvgIpc) is 3.03. The van der Waals surface area contributed by atoms with Gasteiger partial charge in [0.1, 0.15) is 11.3 Å². The predicted octanol–water partition coefficient (Wildman–Crippen LogP) is 4.11. The molecule has 1 heterocycles. The van der Waals surface area contributed by atoms with Gasteiger partial charge in [0.15, 0.2) is 5.58 Å². The summed E-state index contributed by atoms with van der Waals surface area (Å²) in [5, 5.41) is 3.49. The minimum absolute atomic E-state index is 0.0803. The van der Waals surface area contributed by atoms with E-state index in [4.69, 9.17) is 9.15 Å². The Bertz CT molecular complexity index is 858. The molecule has 5 nitrogen and oxygen atoms in total. The lowest BCUT2D eigenvalue weighted by Gasteiger charge is -2.17. The molecule has 6 heteroatoms. The summed E-state index contributed by atoms with van der Waals surface area (Å²) < 4.78 is 11.0. The summed E-state index contributed by atoms with van der Waals surface area (Å²) in [6.45, 7) is 3.96. The molecule has 25 heavy (non-hydrogen) atoms. The first-order valence-electron chi connectivity index (χ1n) is 7.99. The largest absolute Gasteiger partial charge is 0.496 e. The molecule has 0 fully saturated rings. The van der Waals surface area contributed by atoms with Gasteiger partial charge in [0.05, 0.1) is 18.9 Å². The summed E-state index contributed by atoms with van der Waals surface area (Å²) in [4.78, 5) is 16.6. The number of thioether (sulfide) groups is 1. The molecule has 130 valence electrons. The van der Waals surface area contributed by atoms with Gasteiger partial charge in [-0.3, -0.25) is 4.79 Å². The van der Waals surface area contributed by atoms with Crippen LogP contribution in [0.4, 0.5) is 0 Å². The summed E-state index contributed by atoms with van der Waals surface area (Å²) in [6, 6.07) is 13.3. The summed E-state index contributed by atoms with van der Waals surface area (Å²) in [6.07, 6.45) is 0. The standard InChI is InChI=1S/C19H20N2O3S/c1-12-8-9-16(23-3)14(10-12)13(2)20-18(22)11-25-19-21-15-6-4-5-7-17(15)24-19/h4-10,13H,11H2,1-3H3,(H,20,22). The maximum atomic E-state index is 12.3. The highest BCUT2D eigenvalue weighted by Crippen LogP contribution is 2.27. The number of aryl methyl sites for hydroxylation is 1. The number of ether oxygens (including phenoxy) is 1. The fourth-order valence-corrected chi connectivity index (χ4v) is 3.24. The van der Waals surface area contributed by atoms with Crippen molar-refractivity contribution in [3.63, 3.8) is 0 Å². The molecule has 0 aliphatic heterocycles. The number of hydrogen-bond donors (Lipinski definition) is 1. The van der Waals surface area contributed by atoms with Crippen molar-refractivity contribution in [1.82, 2.24) is 10.3 Å². The number of nitrogens with one attached hydrogen (secondary N) is 1. The fraction of sp³-hybridized carbons (Fsp3) is 0.263. The molecule has 3 rings (SSSR count). The van der Waals surface area contributed by atoms with E-state index in [9.17, 15) is 4.79 Å². The number of benzene rings is 2. The Balaban J connectivity index is 1.61. The van der Waals surface area contributed by atoms with Crippen LogP contribution in [0.2, 0.25) is 0 Å². The van der Waals surface area contributed by atoms with Crippen molar-refractivity contribution in [3.05, 3.63) is 53.6 Å². The number of para-hydroxylation sites is 2. The second-order valence-electron chi connectivity index (χ2n) is 5.77. The first-order valence-corrected chi connectivity index (χ1v) is 8.97. The second-order valence-corrected chi connectivity index (χ2v) is 6.70. The summed E-state index contributed by atoms with van der Waals surface area (Å²) in [5.41, 5.74) is 3.60. The van der Waals surface area contributed by atoms with Gasteiger partial charge in [-0.15, -0.1) is 0 Å². The smallest absolute Gasteiger partial charge is 0.257 e. The van der Waals surface area contributed by atoms with E-state index in [1.165, 1.54) is 11.8 Å². The number of carbonyl (C=O) groups excluding carboxylic acids is 1. The molecule has 0 saturated carbocycles. The van der Waals surface area contributed by atoms with Gasteiger partial charge in [0, 0.05) is 5.56 Å². The van der Waals surface area contributed by atoms with Crippen LogP contribution in [0.15, 0.2) is 52.1 Å². The molecular formula is C19H20N2O3S. The Morgan fingerprint density at radius 3 is 2.88 bits per heavy atom. The van der Waals surface area contributed by atoms with Gasteiger partial charge in [0.25, 0.3) is 5.22 Å². The number of nitrogens with zero attached hydrogens (tertiary/aromatic N) is 1. The van der Waals surface area contributed by atoms with Crippen molar-refractivity contribution in [3.8, 4) is 5.75 Å². The Morgan fingerprint density at radius 1 is 1.32 bits per heavy atom. The van der Waals surface area contributed by atoms with E-state index in [1.807, 2.05) is 56.3 Å². The van der Waals surface area contributed by atoms with Crippen LogP contribution >= 0.6 is 11.8 Å². The average molecular weight is 356 g/mol. The van der Waals surface area contributed by atoms with Gasteiger partial charge >= 0.3 is 0 Å². The molecule has 0 aliphatic carbocycles. The summed E-state index contributed by atoms with van der Waals surface area (Å²) in [5.74, 6) is 0.930. The van der Waals surface area contributed by atoms with Crippen LogP contribution in [0.3, 0.4) is 0 Å². The number of hydrogen-bond acceptors (Lipinski definition) is 5. The zero-order chi connectivity index (χ0) is 17.8. The van der Waals surface area contributed by atoms with E-state index in [2.05, 4.69) is 10.3 Å². The zero-order valence-electron chi connectivity index (χ0n) is 14.4. The molecule has 0 spiro atoms. The Hall–Kier alpha value is -2.47. The van der Waals surface area contributed by atoms with Crippen LogP contribution < -0.4 is 10.1 Å². The van der Waals surface area contributed by atoms with Crippen molar-refractivity contribution in [2.24, 2.45) is 0 Å². The third-order valence-corrected chi connectivity index (χ3v) is 4.66. The lowest BCUT2D eigenvalue weighted by atomic mass is 10.0. The quantitative estimate of drug-likeness (QED) is 0.673. The number of fused-ring (bicyclic) bond motifs is 1. The van der Waals surface area contributed by atoms with E-state index in [1.54, 1.807) is 7.11 Å². The van der Waals surface area contributed by atoms with Gasteiger partial charge in [-0.2, -0.15) is 0 Å². The number of rotatable bonds is 6. The molecule has 1 N–H and O–H groups in total. The minimum atomic E-state index is -0.147. The third kappa shape index (κ3) is 4.14. The lowest BCUT2D eigenvalue weighted by Crippen LogP contribution is -2.28. The molecule has 2 aromatic carbocycles. The Morgan fingerprint density at radius 2 is 2.12 bits per heavy atom. The molecule has 0 bridgehead atoms. The van der Waals surface area contributed by atoms with Crippen LogP contribution in [-0.4, -0.2) is 23.8 Å². The minimum Gasteiger partial charge on any atom is -0.496 e. The molecule has 0 radical (unpaired) electrons. The van der Waals surface area contributed by atoms with Crippen molar-refractivity contribution in [2.45, 2.75) is 25.1 Å². The number of oxazole rings is 1. The van der Waals surface area contributed by atoms with Crippen molar-refractivity contribution >= 4 is 28.8 Å². The van der Waals surface area contributed by atoms with Crippen LogP contribution in [0.1, 0.15) is 24.1 Å². The van der Waals surface area contributed by atoms with Gasteiger partial charge in [0.2, 0.25) is 5.91 Å². The predicted molar refractivity (Wildman–Crippen MR) is 99.0 cm³/mol. The first-order chi connectivity index (χ1) is 12.1. The fourth-order valence-electron chi connectivity index (χ4n) is 2.59. The topological polar surface area (TPSA) is 64.4 Å². The number of amides is 1. The molecular weight excluding hydrogens is 336 g/mol. The highest BCUT2D eigenvalue weighted by atomic mass is 32.2. The van der Waals surface area contributed by atoms with Gasteiger partial charge in [-0.05, 0) is 32.0 Å². The highest BCUT2D eigenvalue weighted by Gasteiger charge is 2.15. The van der Waals surface area contributed by atoms with Crippen LogP contribution in [0.25, 0.3) is 11.1 Å². The summed E-state index contributed by atoms with van der Waals surface area (Å²) in [7, 11) is 1.63. The van der Waals surface area contributed by atoms with E-state index >= 15 is 0 Å². The zero-order valence-corrected chi connectivity index (χ0v) is 15.2. The van der Waals surface area contributed by atoms with Crippen LogP contribution in [0, 0.1) is 6.92 Å². The van der Waals surface area contributed by atoms with Gasteiger partial charge in [-0.25, -0.2) is 4.98 Å². The van der Waals surface area contributed by atoms with E-state index in [0.717, 1.165) is 28.0 Å². The van der Waals surface area contributed by atoms with E-state index < -0.39 is 0 Å². The number of aromatic nitrogens is 1. The maximum Gasteiger partial charge on any atom is 0.257 e.